The average molecular weight is 348 g/mol. The Morgan fingerprint density at radius 2 is 1.96 bits per heavy atom. The van der Waals surface area contributed by atoms with Crippen molar-refractivity contribution in [3.63, 3.8) is 0 Å². The minimum absolute atomic E-state index is 1.08. The van der Waals surface area contributed by atoms with Crippen molar-refractivity contribution in [2.45, 2.75) is 25.7 Å². The van der Waals surface area contributed by atoms with Crippen molar-refractivity contribution >= 4 is 23.9 Å². The van der Waals surface area contributed by atoms with E-state index in [0.717, 1.165) is 18.5 Å². The normalized spacial score (nSPS) is 27.9. The van der Waals surface area contributed by atoms with Crippen LogP contribution in [0.25, 0.3) is 0 Å². The Morgan fingerprint density at radius 3 is 2.65 bits per heavy atom. The van der Waals surface area contributed by atoms with Crippen LogP contribution in [0, 0.1) is 0 Å². The summed E-state index contributed by atoms with van der Waals surface area (Å²) in [7, 11) is 1.76. The third kappa shape index (κ3) is 2.47. The fourth-order valence-electron chi connectivity index (χ4n) is 3.85. The maximum absolute atomic E-state index is 6.12. The quantitative estimate of drug-likeness (QED) is 0.822. The van der Waals surface area contributed by atoms with Gasteiger partial charge in [0.1, 0.15) is 11.0 Å². The fraction of sp³-hybridized carbons (Fsp3) is 0.412. The highest BCUT2D eigenvalue weighted by atomic mass is 32.4. The van der Waals surface area contributed by atoms with Crippen LogP contribution in [0.1, 0.15) is 25.7 Å². The van der Waals surface area contributed by atoms with Gasteiger partial charge in [-0.05, 0) is 30.4 Å². The zero-order chi connectivity index (χ0) is 15.9. The molecule has 1 aromatic rings. The molecule has 4 rings (SSSR count). The number of fused-ring (bicyclic) bond motifs is 1. The van der Waals surface area contributed by atoms with E-state index in [9.17, 15) is 0 Å². The molecule has 2 aliphatic heterocycles. The van der Waals surface area contributed by atoms with Crippen LogP contribution in [0.4, 0.5) is 5.69 Å². The van der Waals surface area contributed by atoms with Gasteiger partial charge in [0.05, 0.1) is 24.5 Å². The van der Waals surface area contributed by atoms with Gasteiger partial charge in [-0.25, -0.2) is 4.78 Å². The highest BCUT2D eigenvalue weighted by molar-refractivity contribution is 8.15. The largest absolute Gasteiger partial charge is 0.333 e. The molecule has 122 valence electrons. The Kier molecular flexibility index (Phi) is 4.06. The highest BCUT2D eigenvalue weighted by Gasteiger charge is 2.46. The summed E-state index contributed by atoms with van der Waals surface area (Å²) in [6, 6.07) is 10.3. The van der Waals surface area contributed by atoms with Crippen molar-refractivity contribution in [3.05, 3.63) is 53.1 Å². The maximum Gasteiger partial charge on any atom is 0.211 e. The van der Waals surface area contributed by atoms with E-state index in [2.05, 4.69) is 28.4 Å². The summed E-state index contributed by atoms with van der Waals surface area (Å²) in [4.78, 5) is 1.62. The van der Waals surface area contributed by atoms with Crippen LogP contribution in [-0.2, 0) is 16.3 Å². The van der Waals surface area contributed by atoms with Gasteiger partial charge in [0, 0.05) is 26.4 Å². The molecule has 0 radical (unpaired) electrons. The molecule has 0 aromatic heterocycles. The lowest BCUT2D eigenvalue weighted by Gasteiger charge is -2.29. The Hall–Kier alpha value is -1.13. The topological polar surface area (TPSA) is 28.9 Å². The summed E-state index contributed by atoms with van der Waals surface area (Å²) in [5.74, 6) is 0. The summed E-state index contributed by atoms with van der Waals surface area (Å²) in [6.45, 7) is 2.47. The molecule has 3 aliphatic rings. The number of rotatable bonds is 3. The number of hydrogen-bond donors (Lipinski definition) is 2. The Morgan fingerprint density at radius 1 is 1.22 bits per heavy atom. The fourth-order valence-corrected chi connectivity index (χ4v) is 7.16. The average Bonchev–Trinajstić information content (AvgIpc) is 3.23. The molecule has 2 saturated heterocycles. The predicted molar refractivity (Wildman–Crippen MR) is 97.6 cm³/mol. The van der Waals surface area contributed by atoms with E-state index < -0.39 is 6.42 Å². The van der Waals surface area contributed by atoms with Crippen LogP contribution in [0.5, 0.6) is 0 Å². The number of nitrogens with one attached hydrogen (secondary N) is 2. The molecule has 1 atom stereocenters. The number of hydrogen-bond acceptors (Lipinski definition) is 3. The number of likely N-dealkylation sites (tertiary alicyclic amines) is 1. The van der Waals surface area contributed by atoms with Crippen molar-refractivity contribution < 1.29 is 9.42 Å². The van der Waals surface area contributed by atoms with E-state index in [-0.39, 0.29) is 0 Å². The number of allylic oxidation sites excluding steroid dienone is 3. The molecule has 2 fully saturated rings. The molecule has 23 heavy (non-hydrogen) atoms. The van der Waals surface area contributed by atoms with Crippen LogP contribution < -0.4 is 15.1 Å². The third-order valence-corrected chi connectivity index (χ3v) is 8.85. The van der Waals surface area contributed by atoms with Crippen LogP contribution in [0.15, 0.2) is 53.1 Å². The number of para-hydroxylation sites is 1. The Bertz CT molecular complexity index is 710. The van der Waals surface area contributed by atoms with Crippen LogP contribution in [0.2, 0.25) is 0 Å². The lowest BCUT2D eigenvalue weighted by molar-refractivity contribution is -0.849. The zero-order valence-corrected chi connectivity index (χ0v) is 15.1. The van der Waals surface area contributed by atoms with E-state index in [4.69, 9.17) is 16.3 Å². The second-order valence-electron chi connectivity index (χ2n) is 6.26. The van der Waals surface area contributed by atoms with Crippen molar-refractivity contribution in [2.75, 3.05) is 25.0 Å². The number of nitrogens with zero attached hydrogens (tertiary/aromatic N) is 1. The molecule has 6 heteroatoms. The van der Waals surface area contributed by atoms with Gasteiger partial charge in [-0.1, -0.05) is 24.3 Å². The molecule has 0 saturated carbocycles. The first kappa shape index (κ1) is 15.4. The van der Waals surface area contributed by atoms with Gasteiger partial charge in [0.2, 0.25) is 6.42 Å². The Labute approximate surface area is 142 Å². The maximum atomic E-state index is 6.12. The van der Waals surface area contributed by atoms with E-state index >= 15 is 0 Å². The van der Waals surface area contributed by atoms with Gasteiger partial charge in [-0.15, -0.1) is 0 Å². The highest BCUT2D eigenvalue weighted by Crippen LogP contribution is 2.66. The molecule has 0 spiro atoms. The van der Waals surface area contributed by atoms with Gasteiger partial charge in [0.25, 0.3) is 0 Å². The molecule has 0 unspecified atom stereocenters. The molecular formula is C17H23N3OPS+. The van der Waals surface area contributed by atoms with Gasteiger partial charge in [-0.3, -0.25) is 5.43 Å². The first-order valence-electron chi connectivity index (χ1n) is 8.31. The molecule has 0 bridgehead atoms. The van der Waals surface area contributed by atoms with Crippen molar-refractivity contribution in [3.8, 4) is 0 Å². The van der Waals surface area contributed by atoms with Crippen molar-refractivity contribution in [1.29, 1.82) is 0 Å². The second-order valence-corrected chi connectivity index (χ2v) is 9.99. The minimum Gasteiger partial charge on any atom is -0.333 e. The standard InChI is InChI=1S/C17H22N3OPS/c1-21-22(23)17-15(18-20(22)14-8-3-2-4-9-14)10-7-11-16(17)19-12-5-6-13-19/h2-4,8-10,18H,5-7,11-13H2,1H3/p+1/t22-/m1/s1. The predicted octanol–water partition coefficient (Wildman–Crippen LogP) is 2.54. The summed E-state index contributed by atoms with van der Waals surface area (Å²) < 4.78 is 8.10. The molecule has 2 N–H and O–H groups in total. The lowest BCUT2D eigenvalue weighted by atomic mass is 10.1. The van der Waals surface area contributed by atoms with E-state index in [0.29, 0.717) is 0 Å². The van der Waals surface area contributed by atoms with Gasteiger partial charge in [-0.2, -0.15) is 0 Å². The summed E-state index contributed by atoms with van der Waals surface area (Å²) >= 11 is 6.12. The zero-order valence-electron chi connectivity index (χ0n) is 13.4. The van der Waals surface area contributed by atoms with Gasteiger partial charge >= 0.3 is 0 Å². The molecule has 0 amide bonds. The van der Waals surface area contributed by atoms with E-state index in [1.807, 2.05) is 18.2 Å². The van der Waals surface area contributed by atoms with Crippen LogP contribution in [-0.4, -0.2) is 20.2 Å². The lowest BCUT2D eigenvalue weighted by Crippen LogP contribution is -3.08. The van der Waals surface area contributed by atoms with E-state index in [1.54, 1.807) is 12.0 Å². The smallest absolute Gasteiger partial charge is 0.211 e. The first-order chi connectivity index (χ1) is 11.2. The van der Waals surface area contributed by atoms with Crippen molar-refractivity contribution in [1.82, 2.24) is 5.43 Å². The number of benzene rings is 1. The summed E-state index contributed by atoms with van der Waals surface area (Å²) in [6.07, 6.45) is 4.85. The number of anilines is 1. The molecular weight excluding hydrogens is 325 g/mol. The van der Waals surface area contributed by atoms with Gasteiger partial charge in [0.15, 0.2) is 0 Å². The third-order valence-electron chi connectivity index (χ3n) is 4.94. The van der Waals surface area contributed by atoms with Crippen molar-refractivity contribution in [2.24, 2.45) is 0 Å². The molecule has 2 heterocycles. The summed E-state index contributed by atoms with van der Waals surface area (Å²) in [5.41, 5.74) is 7.30. The molecule has 1 aromatic carbocycles. The number of quaternary nitrogens is 1. The van der Waals surface area contributed by atoms with Crippen LogP contribution >= 0.6 is 6.42 Å². The number of hydrazine groups is 1. The second kappa shape index (κ2) is 6.06. The molecule has 1 aliphatic carbocycles. The van der Waals surface area contributed by atoms with Crippen LogP contribution in [0.3, 0.4) is 0 Å². The monoisotopic (exact) mass is 348 g/mol. The van der Waals surface area contributed by atoms with E-state index in [1.165, 1.54) is 42.6 Å². The molecule has 4 nitrogen and oxygen atoms in total. The Balaban J connectivity index is 1.83. The summed E-state index contributed by atoms with van der Waals surface area (Å²) in [5, 5.41) is 1.28. The first-order valence-corrected chi connectivity index (χ1v) is 11.0. The van der Waals surface area contributed by atoms with Gasteiger partial charge < -0.3 is 9.42 Å². The SMILES string of the molecule is CO[P@@]1(=S)C2=C([NH+]3CCCC3)CCC=C2NN1c1ccccc1. The minimum atomic E-state index is -2.28.